The summed E-state index contributed by atoms with van der Waals surface area (Å²) in [5.41, 5.74) is 0.688. The van der Waals surface area contributed by atoms with Crippen molar-refractivity contribution in [3.63, 3.8) is 0 Å². The van der Waals surface area contributed by atoms with E-state index in [9.17, 15) is 17.2 Å². The van der Waals surface area contributed by atoms with Crippen molar-refractivity contribution < 1.29 is 17.2 Å². The summed E-state index contributed by atoms with van der Waals surface area (Å²) >= 11 is 0. The van der Waals surface area contributed by atoms with Crippen LogP contribution in [-0.4, -0.2) is 31.7 Å². The second-order valence-corrected chi connectivity index (χ2v) is 6.36. The zero-order valence-electron chi connectivity index (χ0n) is 10.0. The summed E-state index contributed by atoms with van der Waals surface area (Å²) in [7, 11) is -3.87. The summed E-state index contributed by atoms with van der Waals surface area (Å²) in [5.74, 6) is -2.95. The van der Waals surface area contributed by atoms with E-state index in [2.05, 4.69) is 0 Å². The van der Waals surface area contributed by atoms with Crippen LogP contribution >= 0.6 is 0 Å². The Morgan fingerprint density at radius 3 is 2.42 bits per heavy atom. The maximum atomic E-state index is 13.1. The van der Waals surface area contributed by atoms with Gasteiger partial charge in [-0.2, -0.15) is 9.57 Å². The maximum Gasteiger partial charge on any atom is 0.262 e. The molecular weight excluding hydrogens is 274 g/mol. The molecule has 19 heavy (non-hydrogen) atoms. The van der Waals surface area contributed by atoms with E-state index in [0.29, 0.717) is 5.56 Å². The van der Waals surface area contributed by atoms with Gasteiger partial charge in [0.15, 0.2) is 0 Å². The van der Waals surface area contributed by atoms with Crippen LogP contribution in [0.5, 0.6) is 0 Å². The Labute approximate surface area is 110 Å². The van der Waals surface area contributed by atoms with Gasteiger partial charge in [-0.25, -0.2) is 17.2 Å². The molecule has 1 aliphatic heterocycles. The summed E-state index contributed by atoms with van der Waals surface area (Å²) < 4.78 is 51.2. The molecule has 4 nitrogen and oxygen atoms in total. The molecule has 1 fully saturated rings. The predicted octanol–water partition coefficient (Wildman–Crippen LogP) is 1.78. The number of rotatable bonds is 3. The van der Waals surface area contributed by atoms with E-state index in [0.717, 1.165) is 4.31 Å². The molecule has 0 aromatic heterocycles. The first kappa shape index (κ1) is 13.9. The molecule has 1 saturated heterocycles. The van der Waals surface area contributed by atoms with Crippen molar-refractivity contribution in [2.75, 3.05) is 13.1 Å². The molecule has 1 aromatic carbocycles. The van der Waals surface area contributed by atoms with Crippen molar-refractivity contribution in [2.24, 2.45) is 0 Å². The lowest BCUT2D eigenvalue weighted by molar-refractivity contribution is 0.0183. The van der Waals surface area contributed by atoms with Gasteiger partial charge in [0.2, 0.25) is 10.0 Å². The molecule has 0 atom stereocenters. The molecule has 1 aromatic rings. The minimum Gasteiger partial charge on any atom is -0.207 e. The second kappa shape index (κ2) is 4.87. The molecule has 7 heteroatoms. The van der Waals surface area contributed by atoms with E-state index >= 15 is 0 Å². The van der Waals surface area contributed by atoms with Gasteiger partial charge < -0.3 is 0 Å². The van der Waals surface area contributed by atoms with Crippen molar-refractivity contribution in [1.82, 2.24) is 4.31 Å². The number of hydrogen-bond donors (Lipinski definition) is 0. The first-order valence-electron chi connectivity index (χ1n) is 5.69. The van der Waals surface area contributed by atoms with Crippen LogP contribution in [0.15, 0.2) is 29.2 Å². The summed E-state index contributed by atoms with van der Waals surface area (Å²) in [4.78, 5) is -0.0214. The monoisotopic (exact) mass is 286 g/mol. The number of nitriles is 1. The maximum absolute atomic E-state index is 13.1. The van der Waals surface area contributed by atoms with Gasteiger partial charge in [0.05, 0.1) is 23.9 Å². The molecular formula is C12H12F2N2O2S. The normalized spacial score (nSPS) is 19.2. The van der Waals surface area contributed by atoms with Gasteiger partial charge in [-0.05, 0) is 17.7 Å². The van der Waals surface area contributed by atoms with Crippen LogP contribution in [0.4, 0.5) is 8.78 Å². The Balaban J connectivity index is 2.23. The molecule has 1 heterocycles. The molecule has 0 amide bonds. The highest BCUT2D eigenvalue weighted by Crippen LogP contribution is 2.31. The first-order chi connectivity index (χ1) is 8.85. The van der Waals surface area contributed by atoms with Gasteiger partial charge in [-0.1, -0.05) is 12.1 Å². The van der Waals surface area contributed by atoms with E-state index in [-0.39, 0.29) is 17.9 Å². The Bertz CT molecular complexity index is 606. The second-order valence-electron chi connectivity index (χ2n) is 4.42. The standard InChI is InChI=1S/C12H12F2N2O2S/c13-12(14)6-8-16(9-12)19(17,18)11-3-1-10(2-4-11)5-7-15/h1-4H,5-6,8-9H2. The molecule has 102 valence electrons. The number of nitrogens with zero attached hydrogens (tertiary/aromatic N) is 2. The minimum atomic E-state index is -3.87. The van der Waals surface area contributed by atoms with Crippen molar-refractivity contribution in [3.8, 4) is 6.07 Å². The van der Waals surface area contributed by atoms with Gasteiger partial charge in [0.1, 0.15) is 0 Å². The summed E-state index contributed by atoms with van der Waals surface area (Å²) in [5, 5.41) is 8.52. The molecule has 2 rings (SSSR count). The van der Waals surface area contributed by atoms with E-state index in [1.54, 1.807) is 0 Å². The van der Waals surface area contributed by atoms with Gasteiger partial charge in [-0.3, -0.25) is 0 Å². The van der Waals surface area contributed by atoms with Crippen LogP contribution in [0, 0.1) is 11.3 Å². The van der Waals surface area contributed by atoms with Crippen molar-refractivity contribution in [1.29, 1.82) is 5.26 Å². The van der Waals surface area contributed by atoms with E-state index in [1.165, 1.54) is 24.3 Å². The molecule has 0 N–H and O–H groups in total. The van der Waals surface area contributed by atoms with Crippen LogP contribution in [0.25, 0.3) is 0 Å². The van der Waals surface area contributed by atoms with Gasteiger partial charge in [-0.15, -0.1) is 0 Å². The lowest BCUT2D eigenvalue weighted by Gasteiger charge is -2.16. The lowest BCUT2D eigenvalue weighted by Crippen LogP contribution is -2.31. The van der Waals surface area contributed by atoms with Crippen LogP contribution < -0.4 is 0 Å². The molecule has 0 aliphatic carbocycles. The van der Waals surface area contributed by atoms with Gasteiger partial charge >= 0.3 is 0 Å². The first-order valence-corrected chi connectivity index (χ1v) is 7.13. The molecule has 0 radical (unpaired) electrons. The fourth-order valence-electron chi connectivity index (χ4n) is 1.93. The summed E-state index contributed by atoms with van der Waals surface area (Å²) in [6.07, 6.45) is -0.263. The van der Waals surface area contributed by atoms with Crippen LogP contribution in [0.1, 0.15) is 12.0 Å². The van der Waals surface area contributed by atoms with E-state index in [1.807, 2.05) is 6.07 Å². The number of hydrogen-bond acceptors (Lipinski definition) is 3. The number of halogens is 2. The van der Waals surface area contributed by atoms with Gasteiger partial charge in [0.25, 0.3) is 5.92 Å². The van der Waals surface area contributed by atoms with Crippen LogP contribution in [0.3, 0.4) is 0 Å². The highest BCUT2D eigenvalue weighted by Gasteiger charge is 2.43. The Morgan fingerprint density at radius 1 is 1.32 bits per heavy atom. The fraction of sp³-hybridized carbons (Fsp3) is 0.417. The highest BCUT2D eigenvalue weighted by atomic mass is 32.2. The average Bonchev–Trinajstić information content (AvgIpc) is 2.71. The molecule has 0 bridgehead atoms. The SMILES string of the molecule is N#CCc1ccc(S(=O)(=O)N2CCC(F)(F)C2)cc1. The average molecular weight is 286 g/mol. The number of benzene rings is 1. The Morgan fingerprint density at radius 2 is 1.95 bits per heavy atom. The van der Waals surface area contributed by atoms with Gasteiger partial charge in [0, 0.05) is 13.0 Å². The van der Waals surface area contributed by atoms with Crippen molar-refractivity contribution in [2.45, 2.75) is 23.7 Å². The summed E-state index contributed by atoms with van der Waals surface area (Å²) in [6, 6.07) is 7.68. The molecule has 0 unspecified atom stereocenters. The molecule has 0 spiro atoms. The van der Waals surface area contributed by atoms with E-state index < -0.39 is 28.9 Å². The van der Waals surface area contributed by atoms with Crippen LogP contribution in [0.2, 0.25) is 0 Å². The van der Waals surface area contributed by atoms with E-state index in [4.69, 9.17) is 5.26 Å². The zero-order chi connectivity index (χ0) is 14.1. The van der Waals surface area contributed by atoms with Crippen molar-refractivity contribution in [3.05, 3.63) is 29.8 Å². The van der Waals surface area contributed by atoms with Crippen molar-refractivity contribution >= 4 is 10.0 Å². The predicted molar refractivity (Wildman–Crippen MR) is 64.1 cm³/mol. The quantitative estimate of drug-likeness (QED) is 0.851. The number of sulfonamides is 1. The molecule has 1 aliphatic rings. The third kappa shape index (κ3) is 2.91. The smallest absolute Gasteiger partial charge is 0.207 e. The topological polar surface area (TPSA) is 61.2 Å². The summed E-state index contributed by atoms with van der Waals surface area (Å²) in [6.45, 7) is -0.940. The van der Waals surface area contributed by atoms with Crippen LogP contribution in [-0.2, 0) is 16.4 Å². The fourth-order valence-corrected chi connectivity index (χ4v) is 3.40. The highest BCUT2D eigenvalue weighted by molar-refractivity contribution is 7.89. The minimum absolute atomic E-state index is 0.0214. The third-order valence-electron chi connectivity index (χ3n) is 2.98. The lowest BCUT2D eigenvalue weighted by atomic mass is 10.2. The molecule has 0 saturated carbocycles. The largest absolute Gasteiger partial charge is 0.262 e. The Kier molecular flexibility index (Phi) is 3.56. The zero-order valence-corrected chi connectivity index (χ0v) is 10.8. The Hall–Kier alpha value is -1.52. The third-order valence-corrected chi connectivity index (χ3v) is 4.84. The number of alkyl halides is 2.